The van der Waals surface area contributed by atoms with Gasteiger partial charge in [0.25, 0.3) is 12.3 Å². The first-order valence-electron chi connectivity index (χ1n) is 16.2. The van der Waals surface area contributed by atoms with Gasteiger partial charge >= 0.3 is 0 Å². The van der Waals surface area contributed by atoms with E-state index < -0.39 is 75.7 Å². The van der Waals surface area contributed by atoms with Crippen molar-refractivity contribution in [2.75, 3.05) is 16.7 Å². The SMILES string of the molecule is C=C1[C@@H]2c3c(C(F)F)nn(CC(=O)N[C@@H](Cc4cc(F)cc(F)c4)c4nc(C)c(N)cc4-c4ccc(C)c5c(NS(C)(=O)=O)nn(C)c45)c3C(F)(F)[C@H]12. The van der Waals surface area contributed by atoms with Gasteiger partial charge in [0.2, 0.25) is 15.9 Å². The van der Waals surface area contributed by atoms with Crippen LogP contribution in [0.3, 0.4) is 0 Å². The van der Waals surface area contributed by atoms with E-state index in [2.05, 4.69) is 31.8 Å². The Balaban J connectivity index is 1.35. The Hall–Kier alpha value is -5.39. The average molecular weight is 759 g/mol. The Morgan fingerprint density at radius 1 is 1.06 bits per heavy atom. The number of nitrogens with zero attached hydrogens (tertiary/aromatic N) is 5. The van der Waals surface area contributed by atoms with Crippen molar-refractivity contribution in [2.45, 2.75) is 51.1 Å². The minimum atomic E-state index is -3.75. The van der Waals surface area contributed by atoms with Crippen LogP contribution >= 0.6 is 0 Å². The van der Waals surface area contributed by atoms with Crippen LogP contribution in [0.4, 0.5) is 37.8 Å². The van der Waals surface area contributed by atoms with Crippen LogP contribution in [0, 0.1) is 31.4 Å². The van der Waals surface area contributed by atoms with Crippen LogP contribution < -0.4 is 15.8 Å². The summed E-state index contributed by atoms with van der Waals surface area (Å²) < 4.78 is 117. The number of fused-ring (bicyclic) bond motifs is 4. The third-order valence-electron chi connectivity index (χ3n) is 9.64. The first-order chi connectivity index (χ1) is 24.8. The largest absolute Gasteiger partial charge is 0.397 e. The van der Waals surface area contributed by atoms with Crippen molar-refractivity contribution in [1.82, 2.24) is 29.9 Å². The molecule has 4 N–H and O–H groups in total. The van der Waals surface area contributed by atoms with Crippen LogP contribution in [-0.2, 0) is 40.8 Å². The number of pyridine rings is 1. The Labute approximate surface area is 298 Å². The number of nitrogens with two attached hydrogens (primary N) is 1. The highest BCUT2D eigenvalue weighted by Crippen LogP contribution is 2.71. The highest BCUT2D eigenvalue weighted by atomic mass is 32.2. The summed E-state index contributed by atoms with van der Waals surface area (Å²) in [6, 6.07) is 6.53. The van der Waals surface area contributed by atoms with Crippen molar-refractivity contribution >= 4 is 38.3 Å². The number of benzene rings is 2. The number of nitrogens with one attached hydrogen (secondary N) is 2. The molecule has 3 atom stereocenters. The third-order valence-corrected chi connectivity index (χ3v) is 10.2. The fraction of sp³-hybridized carbons (Fsp3) is 0.314. The summed E-state index contributed by atoms with van der Waals surface area (Å²) in [5, 5.41) is 11.3. The van der Waals surface area contributed by atoms with E-state index in [1.807, 2.05) is 0 Å². The minimum Gasteiger partial charge on any atom is -0.397 e. The number of carbonyl (C=O) groups is 1. The zero-order chi connectivity index (χ0) is 38.5. The van der Waals surface area contributed by atoms with Gasteiger partial charge in [0, 0.05) is 41.1 Å². The molecule has 0 bridgehead atoms. The van der Waals surface area contributed by atoms with E-state index in [0.29, 0.717) is 44.0 Å². The van der Waals surface area contributed by atoms with Gasteiger partial charge in [-0.1, -0.05) is 24.3 Å². The number of carbonyl (C=O) groups excluding carboxylic acids is 1. The maximum absolute atomic E-state index is 15.5. The molecule has 1 fully saturated rings. The number of rotatable bonds is 10. The molecule has 0 spiro atoms. The lowest BCUT2D eigenvalue weighted by molar-refractivity contribution is -0.122. The molecule has 0 radical (unpaired) electrons. The lowest BCUT2D eigenvalue weighted by Gasteiger charge is -2.24. The number of hydrogen-bond donors (Lipinski definition) is 3. The minimum absolute atomic E-state index is 0.0481. The average Bonchev–Trinajstić information content (AvgIpc) is 3.27. The Kier molecular flexibility index (Phi) is 8.39. The van der Waals surface area contributed by atoms with Gasteiger partial charge in [-0.2, -0.15) is 19.0 Å². The van der Waals surface area contributed by atoms with Crippen molar-refractivity contribution in [3.8, 4) is 11.1 Å². The van der Waals surface area contributed by atoms with E-state index in [9.17, 15) is 30.8 Å². The molecule has 2 aliphatic carbocycles. The summed E-state index contributed by atoms with van der Waals surface area (Å²) in [5.74, 6) is -8.65. The molecule has 2 aliphatic rings. The van der Waals surface area contributed by atoms with Crippen LogP contribution in [0.25, 0.3) is 22.0 Å². The van der Waals surface area contributed by atoms with Crippen LogP contribution in [-0.4, -0.2) is 45.1 Å². The van der Waals surface area contributed by atoms with E-state index in [4.69, 9.17) is 5.73 Å². The maximum Gasteiger partial charge on any atom is 0.297 e. The molecule has 0 saturated heterocycles. The van der Waals surface area contributed by atoms with Gasteiger partial charge in [-0.25, -0.2) is 26.0 Å². The van der Waals surface area contributed by atoms with Crippen molar-refractivity contribution in [2.24, 2.45) is 13.0 Å². The molecule has 18 heteroatoms. The molecule has 11 nitrogen and oxygen atoms in total. The number of aromatic nitrogens is 5. The molecule has 0 aliphatic heterocycles. The Morgan fingerprint density at radius 3 is 2.38 bits per heavy atom. The van der Waals surface area contributed by atoms with E-state index in [-0.39, 0.29) is 40.3 Å². The molecule has 3 heterocycles. The zero-order valence-corrected chi connectivity index (χ0v) is 29.4. The van der Waals surface area contributed by atoms with Crippen molar-refractivity contribution in [3.63, 3.8) is 0 Å². The van der Waals surface area contributed by atoms with Crippen LogP contribution in [0.1, 0.15) is 57.9 Å². The van der Waals surface area contributed by atoms with Gasteiger partial charge in [0.1, 0.15) is 29.6 Å². The third kappa shape index (κ3) is 6.17. The van der Waals surface area contributed by atoms with Crippen LogP contribution in [0.15, 0.2) is 48.6 Å². The smallest absolute Gasteiger partial charge is 0.297 e. The molecule has 0 unspecified atom stereocenters. The number of alkyl halides is 4. The van der Waals surface area contributed by atoms with Gasteiger partial charge in [-0.05, 0) is 49.6 Å². The van der Waals surface area contributed by atoms with E-state index in [0.717, 1.165) is 18.4 Å². The molecule has 7 rings (SSSR count). The molecular weight excluding hydrogens is 726 g/mol. The lowest BCUT2D eigenvalue weighted by Crippen LogP contribution is -2.35. The molecule has 2 aromatic carbocycles. The second kappa shape index (κ2) is 12.3. The summed E-state index contributed by atoms with van der Waals surface area (Å²) >= 11 is 0. The zero-order valence-electron chi connectivity index (χ0n) is 28.6. The normalized spacial score (nSPS) is 18.0. The number of aryl methyl sites for hydroxylation is 3. The molecular formula is C35H32F6N8O3S. The molecule has 5 aromatic rings. The summed E-state index contributed by atoms with van der Waals surface area (Å²) in [7, 11) is -2.16. The lowest BCUT2D eigenvalue weighted by atomic mass is 9.92. The Bertz CT molecular complexity index is 2480. The van der Waals surface area contributed by atoms with Gasteiger partial charge < -0.3 is 11.1 Å². The number of allylic oxidation sites excluding steroid dienone is 1. The standard InChI is InChI=1S/C35H32F6N8O3S/c1-14-6-7-20(31-25(14)34(46-48(31)4)47-53(5,51)52)21-12-22(42)16(3)43-29(21)23(10-17-8-18(36)11-19(37)9-17)44-24(50)13-49-32-27(30(45-49)33(38)39)26-15(2)28(26)35(32,40)41/h6-9,11-12,23,26,28,33H,2,10,13,42H2,1,3-5H3,(H,44,50)(H,46,47)/t23-,26+,28+/m0/s1. The van der Waals surface area contributed by atoms with Gasteiger partial charge in [0.05, 0.1) is 40.8 Å². The van der Waals surface area contributed by atoms with Crippen molar-refractivity contribution in [1.29, 1.82) is 0 Å². The maximum atomic E-state index is 15.5. The number of nitrogen functional groups attached to an aromatic ring is 1. The number of halogens is 6. The van der Waals surface area contributed by atoms with Gasteiger partial charge in [0.15, 0.2) is 5.82 Å². The van der Waals surface area contributed by atoms with Crippen LogP contribution in [0.2, 0.25) is 0 Å². The number of hydrogen-bond acceptors (Lipinski definition) is 7. The summed E-state index contributed by atoms with van der Waals surface area (Å²) in [6.45, 7) is 6.03. The Morgan fingerprint density at radius 2 is 1.74 bits per heavy atom. The topological polar surface area (TPSA) is 150 Å². The number of sulfonamides is 1. The number of amides is 1. The quantitative estimate of drug-likeness (QED) is 0.115. The van der Waals surface area contributed by atoms with Crippen LogP contribution in [0.5, 0.6) is 0 Å². The van der Waals surface area contributed by atoms with Crippen molar-refractivity contribution in [3.05, 3.63) is 99.7 Å². The predicted octanol–water partition coefficient (Wildman–Crippen LogP) is 6.09. The fourth-order valence-electron chi connectivity index (χ4n) is 7.40. The molecule has 1 saturated carbocycles. The molecule has 278 valence electrons. The molecule has 1 amide bonds. The second-order valence-corrected chi connectivity index (χ2v) is 15.2. The fourth-order valence-corrected chi connectivity index (χ4v) is 7.90. The highest BCUT2D eigenvalue weighted by Gasteiger charge is 2.70. The van der Waals surface area contributed by atoms with Crippen molar-refractivity contribution < 1.29 is 39.6 Å². The van der Waals surface area contributed by atoms with Gasteiger partial charge in [-0.3, -0.25) is 23.9 Å². The summed E-state index contributed by atoms with van der Waals surface area (Å²) in [5.41, 5.74) is 7.11. The monoisotopic (exact) mass is 758 g/mol. The van der Waals surface area contributed by atoms with E-state index in [1.165, 1.54) is 4.68 Å². The summed E-state index contributed by atoms with van der Waals surface area (Å²) in [4.78, 5) is 18.5. The summed E-state index contributed by atoms with van der Waals surface area (Å²) in [6.07, 6.45) is -2.49. The molecule has 3 aromatic heterocycles. The highest BCUT2D eigenvalue weighted by molar-refractivity contribution is 7.92. The van der Waals surface area contributed by atoms with Gasteiger partial charge in [-0.15, -0.1) is 0 Å². The second-order valence-electron chi connectivity index (χ2n) is 13.5. The van der Waals surface area contributed by atoms with E-state index >= 15 is 8.78 Å². The number of anilines is 2. The van der Waals surface area contributed by atoms with E-state index in [1.54, 1.807) is 39.1 Å². The molecule has 53 heavy (non-hydrogen) atoms. The predicted molar refractivity (Wildman–Crippen MR) is 184 cm³/mol. The first-order valence-corrected chi connectivity index (χ1v) is 18.1. The first kappa shape index (κ1) is 36.0.